The highest BCUT2D eigenvalue weighted by Gasteiger charge is 2.44. The molecule has 0 aromatic carbocycles. The zero-order valence-electron chi connectivity index (χ0n) is 61.9. The standard InChI is InChI=1S/C84H153NO10/c1-3-5-7-9-11-13-15-16-17-41-45-48-52-56-60-64-68-72-80(89)93-73-69-65-61-57-53-49-46-43-40-38-36-34-32-30-28-26-24-22-20-18-19-21-23-25-27-29-31-33-35-37-39-42-44-47-51-55-59-63-67-71-79(88)85-76(75-94-84-83(92)82(91)81(90)78(74-86)95-84)77(87)70-66-62-58-54-50-14-12-10-8-6-4-2/h11,13,16-19,22,24,50,54,66,70,76-78,81-84,86-87,90-92H,3-10,12,14-15,20-21,23,25-49,51-53,55-65,67-69,71-75H2,1-2H3,(H,85,88)/b13-11-,17-16-,19-18-,24-22-,54-50+,70-66+. The maximum Gasteiger partial charge on any atom is 0.305 e. The van der Waals surface area contributed by atoms with E-state index in [0.717, 1.165) is 70.6 Å². The molecular weight excluding hydrogens is 1180 g/mol. The maximum absolute atomic E-state index is 13.1. The second-order valence-electron chi connectivity index (χ2n) is 28.1. The number of rotatable bonds is 72. The van der Waals surface area contributed by atoms with Gasteiger partial charge in [0.15, 0.2) is 6.29 Å². The minimum absolute atomic E-state index is 0.00664. The molecule has 0 aromatic heterocycles. The van der Waals surface area contributed by atoms with Gasteiger partial charge in [-0.3, -0.25) is 9.59 Å². The maximum atomic E-state index is 13.1. The Balaban J connectivity index is 1.88. The molecule has 7 atom stereocenters. The van der Waals surface area contributed by atoms with Crippen molar-refractivity contribution in [2.45, 2.75) is 429 Å². The Hall–Kier alpha value is -2.90. The van der Waals surface area contributed by atoms with Crippen LogP contribution in [0.4, 0.5) is 0 Å². The Morgan fingerprint density at radius 1 is 0.389 bits per heavy atom. The van der Waals surface area contributed by atoms with Crippen molar-refractivity contribution in [3.63, 3.8) is 0 Å². The van der Waals surface area contributed by atoms with E-state index in [9.17, 15) is 35.1 Å². The van der Waals surface area contributed by atoms with Crippen LogP contribution in [0.25, 0.3) is 0 Å². The Morgan fingerprint density at radius 3 is 1.13 bits per heavy atom. The molecular formula is C84H153NO10. The van der Waals surface area contributed by atoms with Gasteiger partial charge in [-0.25, -0.2) is 0 Å². The van der Waals surface area contributed by atoms with Gasteiger partial charge in [-0.2, -0.15) is 0 Å². The molecule has 0 bridgehead atoms. The zero-order valence-corrected chi connectivity index (χ0v) is 61.9. The van der Waals surface area contributed by atoms with Crippen molar-refractivity contribution >= 4 is 11.9 Å². The summed E-state index contributed by atoms with van der Waals surface area (Å²) >= 11 is 0. The molecule has 1 saturated heterocycles. The molecule has 554 valence electrons. The first kappa shape index (κ1) is 90.1. The Morgan fingerprint density at radius 2 is 0.716 bits per heavy atom. The van der Waals surface area contributed by atoms with Gasteiger partial charge in [0, 0.05) is 12.8 Å². The molecule has 0 spiro atoms. The molecule has 6 N–H and O–H groups in total. The van der Waals surface area contributed by atoms with E-state index in [0.29, 0.717) is 19.4 Å². The van der Waals surface area contributed by atoms with Gasteiger partial charge >= 0.3 is 5.97 Å². The van der Waals surface area contributed by atoms with Crippen LogP contribution < -0.4 is 5.32 Å². The van der Waals surface area contributed by atoms with Crippen molar-refractivity contribution in [1.82, 2.24) is 5.32 Å². The normalized spacial score (nSPS) is 17.7. The van der Waals surface area contributed by atoms with Crippen LogP contribution in [0.1, 0.15) is 386 Å². The van der Waals surface area contributed by atoms with E-state index >= 15 is 0 Å². The molecule has 1 rings (SSSR count). The molecule has 11 heteroatoms. The molecule has 0 saturated carbocycles. The fourth-order valence-corrected chi connectivity index (χ4v) is 12.6. The highest BCUT2D eigenvalue weighted by molar-refractivity contribution is 5.76. The van der Waals surface area contributed by atoms with Crippen LogP contribution >= 0.6 is 0 Å². The first-order valence-electron chi connectivity index (χ1n) is 40.7. The summed E-state index contributed by atoms with van der Waals surface area (Å²) in [6, 6.07) is -0.826. The van der Waals surface area contributed by atoms with Crippen molar-refractivity contribution in [2.24, 2.45) is 0 Å². The average molecular weight is 1340 g/mol. The molecule has 1 fully saturated rings. The van der Waals surface area contributed by atoms with Crippen LogP contribution in [0.3, 0.4) is 0 Å². The van der Waals surface area contributed by atoms with Crippen molar-refractivity contribution in [3.05, 3.63) is 72.9 Å². The van der Waals surface area contributed by atoms with Crippen molar-refractivity contribution < 1.29 is 49.3 Å². The average Bonchev–Trinajstić information content (AvgIpc) is 0.846. The van der Waals surface area contributed by atoms with Gasteiger partial charge in [0.1, 0.15) is 24.4 Å². The lowest BCUT2D eigenvalue weighted by Crippen LogP contribution is -2.60. The molecule has 11 nitrogen and oxygen atoms in total. The highest BCUT2D eigenvalue weighted by Crippen LogP contribution is 2.24. The lowest BCUT2D eigenvalue weighted by Gasteiger charge is -2.40. The topological polar surface area (TPSA) is 175 Å². The second-order valence-corrected chi connectivity index (χ2v) is 28.1. The molecule has 0 aromatic rings. The van der Waals surface area contributed by atoms with E-state index in [-0.39, 0.29) is 18.5 Å². The third-order valence-corrected chi connectivity index (χ3v) is 19.0. The minimum Gasteiger partial charge on any atom is -0.466 e. The zero-order chi connectivity index (χ0) is 68.6. The molecule has 1 heterocycles. The molecule has 95 heavy (non-hydrogen) atoms. The van der Waals surface area contributed by atoms with E-state index in [1.54, 1.807) is 6.08 Å². The number of ether oxygens (including phenoxy) is 3. The van der Waals surface area contributed by atoms with Gasteiger partial charge in [0.05, 0.1) is 32.0 Å². The number of carbonyl (C=O) groups is 2. The second kappa shape index (κ2) is 72.4. The summed E-state index contributed by atoms with van der Waals surface area (Å²) in [5, 5.41) is 54.4. The first-order chi connectivity index (χ1) is 46.7. The number of aliphatic hydroxyl groups excluding tert-OH is 5. The summed E-state index contributed by atoms with van der Waals surface area (Å²) in [6.45, 7) is 4.31. The Bertz CT molecular complexity index is 1810. The van der Waals surface area contributed by atoms with Crippen molar-refractivity contribution in [2.75, 3.05) is 19.8 Å². The molecule has 0 aliphatic carbocycles. The monoisotopic (exact) mass is 1340 g/mol. The number of carbonyl (C=O) groups excluding carboxylic acids is 2. The Labute approximate surface area is 585 Å². The first-order valence-corrected chi connectivity index (χ1v) is 40.7. The Kier molecular flexibility index (Phi) is 68.6. The summed E-state index contributed by atoms with van der Waals surface area (Å²) in [6.07, 6.45) is 89.5. The lowest BCUT2D eigenvalue weighted by atomic mass is 9.99. The quantitative estimate of drug-likeness (QED) is 0.0195. The third-order valence-electron chi connectivity index (χ3n) is 19.0. The van der Waals surface area contributed by atoms with E-state index < -0.39 is 49.5 Å². The van der Waals surface area contributed by atoms with Gasteiger partial charge in [-0.1, -0.05) is 337 Å². The van der Waals surface area contributed by atoms with Crippen LogP contribution in [-0.2, 0) is 23.8 Å². The lowest BCUT2D eigenvalue weighted by molar-refractivity contribution is -0.302. The van der Waals surface area contributed by atoms with Gasteiger partial charge in [0.2, 0.25) is 5.91 Å². The number of hydrogen-bond acceptors (Lipinski definition) is 10. The summed E-state index contributed by atoms with van der Waals surface area (Å²) in [4.78, 5) is 25.2. The molecule has 1 amide bonds. The summed E-state index contributed by atoms with van der Waals surface area (Å²) < 4.78 is 16.7. The van der Waals surface area contributed by atoms with Crippen LogP contribution in [0.5, 0.6) is 0 Å². The highest BCUT2D eigenvalue weighted by atomic mass is 16.7. The van der Waals surface area contributed by atoms with Crippen LogP contribution in [0.15, 0.2) is 72.9 Å². The summed E-state index contributed by atoms with van der Waals surface area (Å²) in [5.74, 6) is -0.182. The van der Waals surface area contributed by atoms with Gasteiger partial charge in [0.25, 0.3) is 0 Å². The van der Waals surface area contributed by atoms with Gasteiger partial charge in [-0.15, -0.1) is 0 Å². The fourth-order valence-electron chi connectivity index (χ4n) is 12.6. The van der Waals surface area contributed by atoms with E-state index in [2.05, 4.69) is 79.9 Å². The molecule has 0 radical (unpaired) electrons. The van der Waals surface area contributed by atoms with Crippen LogP contribution in [-0.4, -0.2) is 100 Å². The molecule has 7 unspecified atom stereocenters. The third kappa shape index (κ3) is 60.8. The number of allylic oxidation sites excluding steroid dienone is 11. The molecule has 1 aliphatic heterocycles. The van der Waals surface area contributed by atoms with Crippen molar-refractivity contribution in [1.29, 1.82) is 0 Å². The van der Waals surface area contributed by atoms with Gasteiger partial charge in [-0.05, 0) is 109 Å². The largest absolute Gasteiger partial charge is 0.466 e. The molecule has 1 aliphatic rings. The number of nitrogens with one attached hydrogen (secondary N) is 1. The predicted octanol–water partition coefficient (Wildman–Crippen LogP) is 22.2. The van der Waals surface area contributed by atoms with E-state index in [1.807, 2.05) is 6.08 Å². The van der Waals surface area contributed by atoms with E-state index in [1.165, 1.54) is 289 Å². The fraction of sp³-hybridized carbons (Fsp3) is 0.833. The van der Waals surface area contributed by atoms with Crippen LogP contribution in [0.2, 0.25) is 0 Å². The SMILES string of the molecule is CCCCC/C=C\C/C=C\CCCCCCCCCC(=O)OCCCCCCCCCCCCCCCCC/C=C\C/C=C\CCCCCCCCCCCCCCCCCCCC(=O)NC(COC1OC(CO)C(O)C(O)C1O)C(O)/C=C/CC/C=C/CCCCCCC. The predicted molar refractivity (Wildman–Crippen MR) is 403 cm³/mol. The number of esters is 1. The minimum atomic E-state index is -1.58. The van der Waals surface area contributed by atoms with Gasteiger partial charge < -0.3 is 45.1 Å². The summed E-state index contributed by atoms with van der Waals surface area (Å²) in [5.41, 5.74) is 0. The number of unbranched alkanes of at least 4 members (excludes halogenated alkanes) is 48. The number of amides is 1. The van der Waals surface area contributed by atoms with E-state index in [4.69, 9.17) is 14.2 Å². The number of hydrogen-bond donors (Lipinski definition) is 6. The van der Waals surface area contributed by atoms with Crippen molar-refractivity contribution in [3.8, 4) is 0 Å². The van der Waals surface area contributed by atoms with Crippen LogP contribution in [0, 0.1) is 0 Å². The smallest absolute Gasteiger partial charge is 0.305 e. The summed E-state index contributed by atoms with van der Waals surface area (Å²) in [7, 11) is 0. The number of aliphatic hydroxyl groups is 5.